The van der Waals surface area contributed by atoms with Crippen molar-refractivity contribution in [1.29, 1.82) is 0 Å². The van der Waals surface area contributed by atoms with Crippen LogP contribution in [0.4, 0.5) is 8.78 Å². The number of benzene rings is 1. The fourth-order valence-electron chi connectivity index (χ4n) is 3.31. The molecule has 2 fully saturated rings. The molecule has 1 spiro atoms. The van der Waals surface area contributed by atoms with E-state index in [2.05, 4.69) is 19.8 Å². The molecule has 2 aliphatic rings. The third-order valence-corrected chi connectivity index (χ3v) is 4.60. The van der Waals surface area contributed by atoms with Crippen LogP contribution in [0.25, 0.3) is 11.4 Å². The van der Waals surface area contributed by atoms with E-state index in [9.17, 15) is 8.78 Å². The van der Waals surface area contributed by atoms with Gasteiger partial charge in [0.15, 0.2) is 5.79 Å². The van der Waals surface area contributed by atoms with Gasteiger partial charge in [-0.15, -0.1) is 0 Å². The first-order valence-corrected chi connectivity index (χ1v) is 8.51. The normalized spacial score (nSPS) is 20.1. The molecule has 26 heavy (non-hydrogen) atoms. The highest BCUT2D eigenvalue weighted by Gasteiger charge is 2.39. The molecule has 4 rings (SSSR count). The summed E-state index contributed by atoms with van der Waals surface area (Å²) in [6, 6.07) is 6.38. The van der Waals surface area contributed by atoms with E-state index in [1.165, 1.54) is 6.07 Å². The van der Waals surface area contributed by atoms with E-state index in [1.807, 2.05) is 0 Å². The Bertz CT molecular complexity index is 739. The SMILES string of the molecule is FC(F)Oc1ccccc1-c1noc(CN2CCC3(CC2)OCCO3)n1. The van der Waals surface area contributed by atoms with Gasteiger partial charge in [-0.1, -0.05) is 17.3 Å². The second kappa shape index (κ2) is 7.26. The first-order valence-electron chi connectivity index (χ1n) is 8.51. The minimum atomic E-state index is -2.91. The molecule has 0 aliphatic carbocycles. The Kier molecular flexibility index (Phi) is 4.84. The average molecular weight is 367 g/mol. The van der Waals surface area contributed by atoms with Crippen LogP contribution in [0.3, 0.4) is 0 Å². The summed E-state index contributed by atoms with van der Waals surface area (Å²) in [5.41, 5.74) is 0.369. The third kappa shape index (κ3) is 3.69. The van der Waals surface area contributed by atoms with Crippen molar-refractivity contribution >= 4 is 0 Å². The number of alkyl halides is 2. The number of piperidine rings is 1. The van der Waals surface area contributed by atoms with Gasteiger partial charge in [0.25, 0.3) is 0 Å². The molecule has 0 radical (unpaired) electrons. The average Bonchev–Trinajstić information content (AvgIpc) is 3.27. The molecule has 2 aliphatic heterocycles. The number of hydrogen-bond donors (Lipinski definition) is 0. The van der Waals surface area contributed by atoms with Crippen LogP contribution in [0, 0.1) is 0 Å². The molecule has 1 aromatic heterocycles. The van der Waals surface area contributed by atoms with Crippen LogP contribution in [0.2, 0.25) is 0 Å². The highest BCUT2D eigenvalue weighted by atomic mass is 19.3. The van der Waals surface area contributed by atoms with Gasteiger partial charge in [0.1, 0.15) is 5.75 Å². The number of likely N-dealkylation sites (tertiary alicyclic amines) is 1. The van der Waals surface area contributed by atoms with E-state index in [4.69, 9.17) is 14.0 Å². The van der Waals surface area contributed by atoms with E-state index >= 15 is 0 Å². The maximum absolute atomic E-state index is 12.5. The lowest BCUT2D eigenvalue weighted by molar-refractivity contribution is -0.186. The Balaban J connectivity index is 1.41. The monoisotopic (exact) mass is 367 g/mol. The van der Waals surface area contributed by atoms with Crippen molar-refractivity contribution in [2.24, 2.45) is 0 Å². The maximum Gasteiger partial charge on any atom is 0.387 e. The molecule has 0 unspecified atom stereocenters. The van der Waals surface area contributed by atoms with Crippen LogP contribution in [0.5, 0.6) is 5.75 Å². The van der Waals surface area contributed by atoms with Crippen molar-refractivity contribution < 1.29 is 27.5 Å². The number of aromatic nitrogens is 2. The van der Waals surface area contributed by atoms with E-state index in [1.54, 1.807) is 18.2 Å². The summed E-state index contributed by atoms with van der Waals surface area (Å²) in [5, 5.41) is 3.90. The predicted octanol–water partition coefficient (Wildman–Crippen LogP) is 2.68. The molecule has 0 saturated carbocycles. The first-order chi connectivity index (χ1) is 12.6. The van der Waals surface area contributed by atoms with Crippen LogP contribution in [-0.2, 0) is 16.0 Å². The number of ether oxygens (including phenoxy) is 3. The highest BCUT2D eigenvalue weighted by molar-refractivity contribution is 5.63. The topological polar surface area (TPSA) is 69.9 Å². The second-order valence-electron chi connectivity index (χ2n) is 6.27. The van der Waals surface area contributed by atoms with E-state index in [0.29, 0.717) is 31.2 Å². The number of rotatable bonds is 5. The van der Waals surface area contributed by atoms with Gasteiger partial charge in [-0.05, 0) is 12.1 Å². The van der Waals surface area contributed by atoms with Crippen molar-refractivity contribution in [2.75, 3.05) is 26.3 Å². The van der Waals surface area contributed by atoms with Gasteiger partial charge in [0.05, 0.1) is 25.3 Å². The molecule has 2 saturated heterocycles. The van der Waals surface area contributed by atoms with Crippen molar-refractivity contribution in [2.45, 2.75) is 31.8 Å². The molecule has 2 aromatic rings. The summed E-state index contributed by atoms with van der Waals surface area (Å²) in [6.07, 6.45) is 1.58. The Morgan fingerprint density at radius 2 is 1.88 bits per heavy atom. The molecule has 0 bridgehead atoms. The summed E-state index contributed by atoms with van der Waals surface area (Å²) >= 11 is 0. The second-order valence-corrected chi connectivity index (χ2v) is 6.27. The largest absolute Gasteiger partial charge is 0.434 e. The van der Waals surface area contributed by atoms with E-state index < -0.39 is 12.4 Å². The summed E-state index contributed by atoms with van der Waals surface area (Å²) in [6.45, 7) is 0.454. The molecule has 3 heterocycles. The molecule has 7 nitrogen and oxygen atoms in total. The quantitative estimate of drug-likeness (QED) is 0.805. The van der Waals surface area contributed by atoms with Gasteiger partial charge < -0.3 is 18.7 Å². The Hall–Kier alpha value is -2.10. The lowest BCUT2D eigenvalue weighted by Gasteiger charge is -2.36. The molecule has 0 N–H and O–H groups in total. The predicted molar refractivity (Wildman–Crippen MR) is 85.5 cm³/mol. The van der Waals surface area contributed by atoms with Crippen LogP contribution >= 0.6 is 0 Å². The van der Waals surface area contributed by atoms with E-state index in [0.717, 1.165) is 25.9 Å². The molecule has 9 heteroatoms. The van der Waals surface area contributed by atoms with Gasteiger partial charge >= 0.3 is 6.61 Å². The van der Waals surface area contributed by atoms with Gasteiger partial charge in [-0.2, -0.15) is 13.8 Å². The molecule has 140 valence electrons. The number of para-hydroxylation sites is 1. The molecule has 0 atom stereocenters. The summed E-state index contributed by atoms with van der Waals surface area (Å²) in [7, 11) is 0. The first kappa shape index (κ1) is 17.3. The Morgan fingerprint density at radius 1 is 1.15 bits per heavy atom. The van der Waals surface area contributed by atoms with Crippen LogP contribution in [0.1, 0.15) is 18.7 Å². The smallest absolute Gasteiger partial charge is 0.387 e. The zero-order valence-corrected chi connectivity index (χ0v) is 14.1. The van der Waals surface area contributed by atoms with Crippen molar-refractivity contribution in [3.63, 3.8) is 0 Å². The van der Waals surface area contributed by atoms with Crippen LogP contribution in [0.15, 0.2) is 28.8 Å². The Morgan fingerprint density at radius 3 is 2.62 bits per heavy atom. The van der Waals surface area contributed by atoms with Gasteiger partial charge in [-0.25, -0.2) is 0 Å². The summed E-state index contributed by atoms with van der Waals surface area (Å²) in [5.74, 6) is 0.246. The zero-order chi connectivity index (χ0) is 18.0. The molecule has 1 aromatic carbocycles. The van der Waals surface area contributed by atoms with Crippen molar-refractivity contribution in [3.05, 3.63) is 30.2 Å². The molecular formula is C17H19F2N3O4. The minimum absolute atomic E-state index is 0.0188. The van der Waals surface area contributed by atoms with Gasteiger partial charge in [0, 0.05) is 25.9 Å². The molecular weight excluding hydrogens is 348 g/mol. The fourth-order valence-corrected chi connectivity index (χ4v) is 3.31. The standard InChI is InChI=1S/C17H19F2N3O4/c18-16(19)25-13-4-2-1-3-12(13)15-20-14(26-21-15)11-22-7-5-17(6-8-22)23-9-10-24-17/h1-4,16H,5-11H2. The fraction of sp³-hybridized carbons (Fsp3) is 0.529. The van der Waals surface area contributed by atoms with Gasteiger partial charge in [0.2, 0.25) is 11.7 Å². The molecule has 0 amide bonds. The van der Waals surface area contributed by atoms with Crippen molar-refractivity contribution in [1.82, 2.24) is 15.0 Å². The lowest BCUT2D eigenvalue weighted by Crippen LogP contribution is -2.44. The zero-order valence-electron chi connectivity index (χ0n) is 14.1. The minimum Gasteiger partial charge on any atom is -0.434 e. The van der Waals surface area contributed by atoms with Crippen molar-refractivity contribution in [3.8, 4) is 17.1 Å². The third-order valence-electron chi connectivity index (χ3n) is 4.60. The number of halogens is 2. The van der Waals surface area contributed by atoms with Gasteiger partial charge in [-0.3, -0.25) is 4.90 Å². The van der Waals surface area contributed by atoms with Crippen LogP contribution < -0.4 is 4.74 Å². The lowest BCUT2D eigenvalue weighted by atomic mass is 10.0. The summed E-state index contributed by atoms with van der Waals surface area (Å²) < 4.78 is 46.3. The highest BCUT2D eigenvalue weighted by Crippen LogP contribution is 2.32. The number of hydrogen-bond acceptors (Lipinski definition) is 7. The van der Waals surface area contributed by atoms with E-state index in [-0.39, 0.29) is 11.6 Å². The van der Waals surface area contributed by atoms with Crippen LogP contribution in [-0.4, -0.2) is 53.7 Å². The Labute approximate surface area is 148 Å². The number of nitrogens with zero attached hydrogens (tertiary/aromatic N) is 3. The summed E-state index contributed by atoms with van der Waals surface area (Å²) in [4.78, 5) is 6.50. The maximum atomic E-state index is 12.5.